The van der Waals surface area contributed by atoms with E-state index in [1.165, 1.54) is 12.1 Å². The summed E-state index contributed by atoms with van der Waals surface area (Å²) in [6.45, 7) is -1.16. The van der Waals surface area contributed by atoms with Crippen LogP contribution in [0.25, 0.3) is 0 Å². The summed E-state index contributed by atoms with van der Waals surface area (Å²) in [7, 11) is 0. The van der Waals surface area contributed by atoms with Crippen LogP contribution in [0.3, 0.4) is 0 Å². The van der Waals surface area contributed by atoms with Crippen LogP contribution in [0.15, 0.2) is 29.3 Å². The van der Waals surface area contributed by atoms with Crippen molar-refractivity contribution in [2.24, 2.45) is 10.7 Å². The predicted molar refractivity (Wildman–Crippen MR) is 50.0 cm³/mol. The molecule has 1 aromatic rings. The van der Waals surface area contributed by atoms with Crippen LogP contribution in [0.4, 0.5) is 14.5 Å². The molecule has 0 aliphatic carbocycles. The van der Waals surface area contributed by atoms with E-state index in [4.69, 9.17) is 5.73 Å². The van der Waals surface area contributed by atoms with Gasteiger partial charge in [0.1, 0.15) is 5.75 Å². The molecule has 0 atom stereocenters. The molecule has 0 fully saturated rings. The van der Waals surface area contributed by atoms with Gasteiger partial charge >= 0.3 is 6.61 Å². The summed E-state index contributed by atoms with van der Waals surface area (Å²) in [5.74, 6) is 0.515. The van der Waals surface area contributed by atoms with Crippen LogP contribution in [0.2, 0.25) is 0 Å². The third kappa shape index (κ3) is 3.38. The number of nitrogens with two attached hydrogens (primary N) is 1. The number of hydrogen-bond donors (Lipinski definition) is 1. The highest BCUT2D eigenvalue weighted by atomic mass is 19.3. The van der Waals surface area contributed by atoms with Gasteiger partial charge in [-0.3, -0.25) is 0 Å². The highest BCUT2D eigenvalue weighted by Gasteiger charge is 2.02. The molecule has 0 bridgehead atoms. The minimum atomic E-state index is -2.81. The second-order valence-electron chi connectivity index (χ2n) is 2.63. The van der Waals surface area contributed by atoms with Crippen molar-refractivity contribution >= 4 is 11.5 Å². The van der Waals surface area contributed by atoms with Crippen LogP contribution in [-0.4, -0.2) is 12.4 Å². The summed E-state index contributed by atoms with van der Waals surface area (Å²) in [4.78, 5) is 3.93. The van der Waals surface area contributed by atoms with Crippen molar-refractivity contribution in [1.29, 1.82) is 0 Å². The summed E-state index contributed by atoms with van der Waals surface area (Å²) < 4.78 is 27.7. The Balaban J connectivity index is 2.74. The second kappa shape index (κ2) is 4.55. The Bertz CT molecular complexity index is 318. The first kappa shape index (κ1) is 10.4. The van der Waals surface area contributed by atoms with Gasteiger partial charge in [-0.15, -0.1) is 0 Å². The first-order valence-corrected chi connectivity index (χ1v) is 3.93. The quantitative estimate of drug-likeness (QED) is 0.601. The fraction of sp³-hybridized carbons (Fsp3) is 0.222. The van der Waals surface area contributed by atoms with Gasteiger partial charge < -0.3 is 10.5 Å². The Morgan fingerprint density at radius 3 is 2.36 bits per heavy atom. The van der Waals surface area contributed by atoms with Crippen molar-refractivity contribution in [3.63, 3.8) is 0 Å². The van der Waals surface area contributed by atoms with E-state index in [0.717, 1.165) is 0 Å². The highest BCUT2D eigenvalue weighted by Crippen LogP contribution is 2.19. The SMILES string of the molecule is CC(N)=Nc1ccc(OC(F)F)cc1. The molecule has 0 amide bonds. The molecule has 0 saturated carbocycles. The van der Waals surface area contributed by atoms with Crippen LogP contribution in [0, 0.1) is 0 Å². The zero-order valence-electron chi connectivity index (χ0n) is 7.58. The summed E-state index contributed by atoms with van der Waals surface area (Å²) in [6.07, 6.45) is 0. The number of nitrogens with zero attached hydrogens (tertiary/aromatic N) is 1. The first-order chi connectivity index (χ1) is 6.58. The van der Waals surface area contributed by atoms with Gasteiger partial charge in [0.2, 0.25) is 0 Å². The molecule has 0 aliphatic rings. The molecule has 0 saturated heterocycles. The minimum absolute atomic E-state index is 0.105. The Kier molecular flexibility index (Phi) is 3.39. The number of aliphatic imine (C=N–C) groups is 1. The average Bonchev–Trinajstić information content (AvgIpc) is 2.06. The number of amidine groups is 1. The number of benzene rings is 1. The summed E-state index contributed by atoms with van der Waals surface area (Å²) in [6, 6.07) is 5.92. The molecule has 1 aromatic carbocycles. The van der Waals surface area contributed by atoms with E-state index in [-0.39, 0.29) is 5.75 Å². The minimum Gasteiger partial charge on any atom is -0.435 e. The Morgan fingerprint density at radius 2 is 1.93 bits per heavy atom. The van der Waals surface area contributed by atoms with E-state index in [0.29, 0.717) is 11.5 Å². The molecule has 0 radical (unpaired) electrons. The molecule has 1 rings (SSSR count). The monoisotopic (exact) mass is 200 g/mol. The molecule has 2 N–H and O–H groups in total. The lowest BCUT2D eigenvalue weighted by Crippen LogP contribution is -2.04. The van der Waals surface area contributed by atoms with Gasteiger partial charge in [-0.2, -0.15) is 8.78 Å². The van der Waals surface area contributed by atoms with Gasteiger partial charge in [-0.25, -0.2) is 4.99 Å². The fourth-order valence-corrected chi connectivity index (χ4v) is 0.906. The zero-order chi connectivity index (χ0) is 10.6. The van der Waals surface area contributed by atoms with Crippen molar-refractivity contribution in [2.45, 2.75) is 13.5 Å². The molecule has 0 heterocycles. The molecular formula is C9H10F2N2O. The van der Waals surface area contributed by atoms with E-state index in [1.54, 1.807) is 19.1 Å². The molecule has 76 valence electrons. The lowest BCUT2D eigenvalue weighted by Gasteiger charge is -2.03. The highest BCUT2D eigenvalue weighted by molar-refractivity contribution is 5.80. The third-order valence-electron chi connectivity index (χ3n) is 1.37. The van der Waals surface area contributed by atoms with E-state index < -0.39 is 6.61 Å². The lowest BCUT2D eigenvalue weighted by molar-refractivity contribution is -0.0498. The van der Waals surface area contributed by atoms with Crippen molar-refractivity contribution < 1.29 is 13.5 Å². The van der Waals surface area contributed by atoms with Crippen LogP contribution in [0.1, 0.15) is 6.92 Å². The normalized spacial score (nSPS) is 11.9. The van der Waals surface area contributed by atoms with Crippen molar-refractivity contribution in [3.8, 4) is 5.75 Å². The number of ether oxygens (including phenoxy) is 1. The van der Waals surface area contributed by atoms with E-state index in [9.17, 15) is 8.78 Å². The molecule has 0 unspecified atom stereocenters. The van der Waals surface area contributed by atoms with Gasteiger partial charge in [0.25, 0.3) is 0 Å². The maximum Gasteiger partial charge on any atom is 0.387 e. The Morgan fingerprint density at radius 1 is 1.36 bits per heavy atom. The van der Waals surface area contributed by atoms with E-state index >= 15 is 0 Å². The van der Waals surface area contributed by atoms with Crippen molar-refractivity contribution in [1.82, 2.24) is 0 Å². The smallest absolute Gasteiger partial charge is 0.387 e. The fourth-order valence-electron chi connectivity index (χ4n) is 0.906. The van der Waals surface area contributed by atoms with E-state index in [1.807, 2.05) is 0 Å². The van der Waals surface area contributed by atoms with Crippen LogP contribution < -0.4 is 10.5 Å². The van der Waals surface area contributed by atoms with Gasteiger partial charge in [-0.05, 0) is 31.2 Å². The summed E-state index contributed by atoms with van der Waals surface area (Å²) in [5, 5.41) is 0. The number of halogens is 2. The molecule has 5 heteroatoms. The third-order valence-corrected chi connectivity index (χ3v) is 1.37. The maximum atomic E-state index is 11.8. The number of alkyl halides is 2. The van der Waals surface area contributed by atoms with Crippen molar-refractivity contribution in [3.05, 3.63) is 24.3 Å². The molecule has 0 spiro atoms. The van der Waals surface area contributed by atoms with Gasteiger partial charge in [0, 0.05) is 0 Å². The predicted octanol–water partition coefficient (Wildman–Crippen LogP) is 2.30. The molecule has 0 aromatic heterocycles. The van der Waals surface area contributed by atoms with Crippen LogP contribution in [-0.2, 0) is 0 Å². The van der Waals surface area contributed by atoms with Gasteiger partial charge in [0.05, 0.1) is 11.5 Å². The average molecular weight is 200 g/mol. The Hall–Kier alpha value is -1.65. The lowest BCUT2D eigenvalue weighted by atomic mass is 10.3. The van der Waals surface area contributed by atoms with Crippen LogP contribution in [0.5, 0.6) is 5.75 Å². The van der Waals surface area contributed by atoms with Crippen LogP contribution >= 0.6 is 0 Å². The van der Waals surface area contributed by atoms with Crippen molar-refractivity contribution in [2.75, 3.05) is 0 Å². The zero-order valence-corrected chi connectivity index (χ0v) is 7.58. The molecule has 0 aliphatic heterocycles. The van der Waals surface area contributed by atoms with E-state index in [2.05, 4.69) is 9.73 Å². The molecule has 3 nitrogen and oxygen atoms in total. The first-order valence-electron chi connectivity index (χ1n) is 3.93. The summed E-state index contributed by atoms with van der Waals surface area (Å²) >= 11 is 0. The second-order valence-corrected chi connectivity index (χ2v) is 2.63. The molecular weight excluding hydrogens is 190 g/mol. The summed E-state index contributed by atoms with van der Waals surface area (Å²) in [5.41, 5.74) is 5.95. The largest absolute Gasteiger partial charge is 0.435 e. The topological polar surface area (TPSA) is 47.6 Å². The standard InChI is InChI=1S/C9H10F2N2O/c1-6(12)13-7-2-4-8(5-3-7)14-9(10)11/h2-5,9H,1H3,(H2,12,13). The Labute approximate surface area is 80.2 Å². The van der Waals surface area contributed by atoms with Gasteiger partial charge in [-0.1, -0.05) is 0 Å². The van der Waals surface area contributed by atoms with Gasteiger partial charge in [0.15, 0.2) is 0 Å². The number of hydrogen-bond acceptors (Lipinski definition) is 2. The number of rotatable bonds is 3. The molecule has 14 heavy (non-hydrogen) atoms. The maximum absolute atomic E-state index is 11.8.